The fraction of sp³-hybridized carbons (Fsp3) is 0.600. The van der Waals surface area contributed by atoms with E-state index in [1.54, 1.807) is 0 Å². The molecule has 1 heterocycles. The van der Waals surface area contributed by atoms with Gasteiger partial charge in [-0.05, 0) is 0 Å². The number of rotatable bonds is 3. The van der Waals surface area contributed by atoms with Gasteiger partial charge >= 0.3 is 6.18 Å². The summed E-state index contributed by atoms with van der Waals surface area (Å²) in [6.45, 7) is -0.00653. The van der Waals surface area contributed by atoms with Crippen molar-refractivity contribution in [1.29, 1.82) is 0 Å². The Bertz CT molecular complexity index is 274. The largest absolute Gasteiger partial charge is 0.445 e. The monoisotopic (exact) mass is 213 g/mol. The Balaban J connectivity index is 2.64. The van der Waals surface area contributed by atoms with Crippen LogP contribution in [-0.4, -0.2) is 28.5 Å². The Morgan fingerprint density at radius 2 is 2.08 bits per heavy atom. The summed E-state index contributed by atoms with van der Waals surface area (Å²) in [6, 6.07) is 0. The summed E-state index contributed by atoms with van der Waals surface area (Å²) in [4.78, 5) is 0. The molecule has 0 amide bonds. The van der Waals surface area contributed by atoms with E-state index in [4.69, 9.17) is 5.11 Å². The van der Waals surface area contributed by atoms with Gasteiger partial charge in [-0.2, -0.15) is 13.2 Å². The van der Waals surface area contributed by atoms with E-state index < -0.39 is 11.2 Å². The molecule has 0 aliphatic carbocycles. The van der Waals surface area contributed by atoms with Gasteiger partial charge in [0.05, 0.1) is 6.61 Å². The molecule has 0 saturated carbocycles. The third-order valence-corrected chi connectivity index (χ3v) is 1.98. The maximum atomic E-state index is 12.0. The molecule has 0 aromatic carbocycles. The SMILES string of the molecule is OCCNc1nnc(C(F)(F)F)s1. The molecule has 4 nitrogen and oxygen atoms in total. The molecular formula is C5H6F3N3OS. The topological polar surface area (TPSA) is 58.0 Å². The van der Waals surface area contributed by atoms with E-state index in [0.717, 1.165) is 0 Å². The average molecular weight is 213 g/mol. The van der Waals surface area contributed by atoms with Gasteiger partial charge in [0.15, 0.2) is 0 Å². The van der Waals surface area contributed by atoms with Gasteiger partial charge in [0.2, 0.25) is 10.1 Å². The lowest BCUT2D eigenvalue weighted by molar-refractivity contribution is -0.138. The Morgan fingerprint density at radius 3 is 2.54 bits per heavy atom. The minimum Gasteiger partial charge on any atom is -0.395 e. The second kappa shape index (κ2) is 3.88. The summed E-state index contributed by atoms with van der Waals surface area (Å²) < 4.78 is 35.9. The molecule has 0 fully saturated rings. The number of anilines is 1. The molecule has 13 heavy (non-hydrogen) atoms. The van der Waals surface area contributed by atoms with E-state index in [1.165, 1.54) is 0 Å². The van der Waals surface area contributed by atoms with Crippen LogP contribution in [0, 0.1) is 0 Å². The van der Waals surface area contributed by atoms with Crippen molar-refractivity contribution >= 4 is 16.5 Å². The van der Waals surface area contributed by atoms with Crippen molar-refractivity contribution < 1.29 is 18.3 Å². The first-order valence-electron chi connectivity index (χ1n) is 3.29. The van der Waals surface area contributed by atoms with Crippen LogP contribution < -0.4 is 5.32 Å². The first-order chi connectivity index (χ1) is 6.04. The standard InChI is InChI=1S/C5H6F3N3OS/c6-5(7,8)3-10-11-4(13-3)9-1-2-12/h12H,1-2H2,(H,9,11). The molecule has 0 atom stereocenters. The number of hydrogen-bond donors (Lipinski definition) is 2. The smallest absolute Gasteiger partial charge is 0.395 e. The molecular weight excluding hydrogens is 207 g/mol. The Hall–Kier alpha value is -0.890. The van der Waals surface area contributed by atoms with E-state index in [-0.39, 0.29) is 18.3 Å². The number of aliphatic hydroxyl groups is 1. The summed E-state index contributed by atoms with van der Waals surface area (Å²) in [6.07, 6.45) is -4.45. The van der Waals surface area contributed by atoms with Crippen molar-refractivity contribution in [3.63, 3.8) is 0 Å². The van der Waals surface area contributed by atoms with Crippen molar-refractivity contribution in [1.82, 2.24) is 10.2 Å². The quantitative estimate of drug-likeness (QED) is 0.785. The molecule has 0 spiro atoms. The Kier molecular flexibility index (Phi) is 3.04. The van der Waals surface area contributed by atoms with Gasteiger partial charge < -0.3 is 10.4 Å². The van der Waals surface area contributed by atoms with Crippen molar-refractivity contribution in [3.8, 4) is 0 Å². The van der Waals surface area contributed by atoms with Gasteiger partial charge in [-0.25, -0.2) is 0 Å². The Morgan fingerprint density at radius 1 is 1.38 bits per heavy atom. The fourth-order valence-electron chi connectivity index (χ4n) is 0.572. The lowest BCUT2D eigenvalue weighted by Gasteiger charge is -1.98. The second-order valence-electron chi connectivity index (χ2n) is 2.06. The van der Waals surface area contributed by atoms with Crippen LogP contribution in [0.2, 0.25) is 0 Å². The lowest BCUT2D eigenvalue weighted by Crippen LogP contribution is -2.04. The van der Waals surface area contributed by atoms with Crippen molar-refractivity contribution in [3.05, 3.63) is 5.01 Å². The maximum Gasteiger partial charge on any atom is 0.445 e. The molecule has 0 aliphatic rings. The van der Waals surface area contributed by atoms with Crippen LogP contribution in [0.4, 0.5) is 18.3 Å². The number of hydrogen-bond acceptors (Lipinski definition) is 5. The molecule has 2 N–H and O–H groups in total. The Labute approximate surface area is 75.4 Å². The molecule has 1 aromatic rings. The van der Waals surface area contributed by atoms with Gasteiger partial charge in [0.1, 0.15) is 0 Å². The molecule has 74 valence electrons. The molecule has 1 rings (SSSR count). The summed E-state index contributed by atoms with van der Waals surface area (Å²) >= 11 is 0.410. The third kappa shape index (κ3) is 2.81. The van der Waals surface area contributed by atoms with Crippen LogP contribution >= 0.6 is 11.3 Å². The van der Waals surface area contributed by atoms with E-state index in [0.29, 0.717) is 11.3 Å². The highest BCUT2D eigenvalue weighted by Gasteiger charge is 2.35. The molecule has 0 unspecified atom stereocenters. The zero-order valence-electron chi connectivity index (χ0n) is 6.30. The highest BCUT2D eigenvalue weighted by molar-refractivity contribution is 7.15. The molecule has 0 bridgehead atoms. The van der Waals surface area contributed by atoms with Crippen LogP contribution in [0.15, 0.2) is 0 Å². The zero-order chi connectivity index (χ0) is 9.90. The van der Waals surface area contributed by atoms with Gasteiger partial charge in [-0.3, -0.25) is 0 Å². The first kappa shape index (κ1) is 10.2. The minimum absolute atomic E-state index is 0.0568. The maximum absolute atomic E-state index is 12.0. The summed E-state index contributed by atoms with van der Waals surface area (Å²) in [5.74, 6) is 0. The first-order valence-corrected chi connectivity index (χ1v) is 4.11. The van der Waals surface area contributed by atoms with Gasteiger partial charge in [0.25, 0.3) is 0 Å². The number of alkyl halides is 3. The predicted octanol–water partition coefficient (Wildman–Crippen LogP) is 0.961. The summed E-state index contributed by atoms with van der Waals surface area (Å²) in [5, 5.41) is 16.1. The van der Waals surface area contributed by atoms with E-state index in [9.17, 15) is 13.2 Å². The lowest BCUT2D eigenvalue weighted by atomic mass is 10.7. The van der Waals surface area contributed by atoms with Crippen LogP contribution in [0.3, 0.4) is 0 Å². The number of halogens is 3. The summed E-state index contributed by atoms with van der Waals surface area (Å²) in [5.41, 5.74) is 0. The predicted molar refractivity (Wildman–Crippen MR) is 40.5 cm³/mol. The zero-order valence-corrected chi connectivity index (χ0v) is 7.11. The average Bonchev–Trinajstić information content (AvgIpc) is 2.47. The van der Waals surface area contributed by atoms with Gasteiger partial charge in [0, 0.05) is 6.54 Å². The van der Waals surface area contributed by atoms with Crippen LogP contribution in [0.5, 0.6) is 0 Å². The number of aliphatic hydroxyl groups excluding tert-OH is 1. The molecule has 0 saturated heterocycles. The van der Waals surface area contributed by atoms with Gasteiger partial charge in [-0.1, -0.05) is 11.3 Å². The number of nitrogens with one attached hydrogen (secondary N) is 1. The molecule has 0 aliphatic heterocycles. The summed E-state index contributed by atoms with van der Waals surface area (Å²) in [7, 11) is 0. The van der Waals surface area contributed by atoms with Crippen LogP contribution in [0.1, 0.15) is 5.01 Å². The van der Waals surface area contributed by atoms with Crippen LogP contribution in [0.25, 0.3) is 0 Å². The molecule has 0 radical (unpaired) electrons. The highest BCUT2D eigenvalue weighted by Crippen LogP contribution is 2.32. The van der Waals surface area contributed by atoms with Crippen molar-refractivity contribution in [2.24, 2.45) is 0 Å². The van der Waals surface area contributed by atoms with Crippen molar-refractivity contribution in [2.45, 2.75) is 6.18 Å². The third-order valence-electron chi connectivity index (χ3n) is 1.06. The van der Waals surface area contributed by atoms with E-state index >= 15 is 0 Å². The van der Waals surface area contributed by atoms with Gasteiger partial charge in [-0.15, -0.1) is 10.2 Å². The highest BCUT2D eigenvalue weighted by atomic mass is 32.1. The molecule has 1 aromatic heterocycles. The number of nitrogens with zero attached hydrogens (tertiary/aromatic N) is 2. The van der Waals surface area contributed by atoms with Crippen molar-refractivity contribution in [2.75, 3.05) is 18.5 Å². The number of aromatic nitrogens is 2. The molecule has 8 heteroatoms. The fourth-order valence-corrected chi connectivity index (χ4v) is 1.21. The van der Waals surface area contributed by atoms with Crippen LogP contribution in [-0.2, 0) is 6.18 Å². The minimum atomic E-state index is -4.45. The van der Waals surface area contributed by atoms with E-state index in [2.05, 4.69) is 15.5 Å². The van der Waals surface area contributed by atoms with E-state index in [1.807, 2.05) is 0 Å². The normalized spacial score (nSPS) is 11.7. The second-order valence-corrected chi connectivity index (χ2v) is 3.04.